The topological polar surface area (TPSA) is 55.1 Å². The van der Waals surface area contributed by atoms with Crippen LogP contribution in [0.5, 0.6) is 0 Å². The standard InChI is InChI=1S/C13H20N2OS.ClH/c14-8-9-15-12(16)13(6-2-1-3-7-13)11-5-4-10-17-11;/h4-5,10H,1-3,6-9,14H2,(H,15,16);1H. The molecule has 18 heavy (non-hydrogen) atoms. The Morgan fingerprint density at radius 1 is 1.39 bits per heavy atom. The molecule has 5 heteroatoms. The van der Waals surface area contributed by atoms with Crippen molar-refractivity contribution >= 4 is 29.7 Å². The van der Waals surface area contributed by atoms with Crippen molar-refractivity contribution in [3.05, 3.63) is 22.4 Å². The maximum atomic E-state index is 12.4. The minimum atomic E-state index is -0.276. The molecule has 2 rings (SSSR count). The molecule has 3 nitrogen and oxygen atoms in total. The smallest absolute Gasteiger partial charge is 0.231 e. The molecule has 1 aromatic heterocycles. The zero-order valence-corrected chi connectivity index (χ0v) is 12.1. The van der Waals surface area contributed by atoms with Crippen molar-refractivity contribution in [3.63, 3.8) is 0 Å². The van der Waals surface area contributed by atoms with Crippen LogP contribution in [0.2, 0.25) is 0 Å². The Balaban J connectivity index is 0.00000162. The van der Waals surface area contributed by atoms with Gasteiger partial charge in [-0.15, -0.1) is 23.7 Å². The third-order valence-electron chi connectivity index (χ3n) is 3.56. The average molecular weight is 289 g/mol. The molecule has 102 valence electrons. The van der Waals surface area contributed by atoms with Gasteiger partial charge in [-0.25, -0.2) is 0 Å². The molecule has 0 aliphatic heterocycles. The van der Waals surface area contributed by atoms with Gasteiger partial charge in [0, 0.05) is 18.0 Å². The second-order valence-electron chi connectivity index (χ2n) is 4.66. The van der Waals surface area contributed by atoms with Crippen LogP contribution < -0.4 is 11.1 Å². The summed E-state index contributed by atoms with van der Waals surface area (Å²) in [6.45, 7) is 1.08. The van der Waals surface area contributed by atoms with E-state index in [4.69, 9.17) is 5.73 Å². The zero-order chi connectivity index (χ0) is 12.1. The van der Waals surface area contributed by atoms with Crippen LogP contribution >= 0.6 is 23.7 Å². The largest absolute Gasteiger partial charge is 0.354 e. The highest BCUT2D eigenvalue weighted by Gasteiger charge is 2.41. The van der Waals surface area contributed by atoms with Gasteiger partial charge < -0.3 is 11.1 Å². The Morgan fingerprint density at radius 3 is 2.67 bits per heavy atom. The number of hydrogen-bond acceptors (Lipinski definition) is 3. The van der Waals surface area contributed by atoms with Crippen molar-refractivity contribution in [2.24, 2.45) is 5.73 Å². The SMILES string of the molecule is Cl.NCCNC(=O)C1(c2cccs2)CCCCC1. The van der Waals surface area contributed by atoms with Crippen LogP contribution in [0.25, 0.3) is 0 Å². The summed E-state index contributed by atoms with van der Waals surface area (Å²) in [5.74, 6) is 0.171. The van der Waals surface area contributed by atoms with E-state index < -0.39 is 0 Å². The van der Waals surface area contributed by atoms with Gasteiger partial charge in [0.1, 0.15) is 0 Å². The minimum absolute atomic E-state index is 0. The maximum Gasteiger partial charge on any atom is 0.231 e. The first-order valence-corrected chi connectivity index (χ1v) is 7.20. The van der Waals surface area contributed by atoms with Gasteiger partial charge in [0.05, 0.1) is 5.41 Å². The van der Waals surface area contributed by atoms with Crippen LogP contribution in [0, 0.1) is 0 Å². The van der Waals surface area contributed by atoms with Crippen LogP contribution in [0.15, 0.2) is 17.5 Å². The van der Waals surface area contributed by atoms with Crippen molar-refractivity contribution < 1.29 is 4.79 Å². The Hall–Kier alpha value is -0.580. The molecule has 3 N–H and O–H groups in total. The molecular formula is C13H21ClN2OS. The fourth-order valence-corrected chi connectivity index (χ4v) is 3.63. The van der Waals surface area contributed by atoms with Crippen LogP contribution in [-0.4, -0.2) is 19.0 Å². The quantitative estimate of drug-likeness (QED) is 0.894. The Morgan fingerprint density at radius 2 is 2.11 bits per heavy atom. The summed E-state index contributed by atoms with van der Waals surface area (Å²) in [4.78, 5) is 13.6. The van der Waals surface area contributed by atoms with E-state index in [-0.39, 0.29) is 23.7 Å². The molecule has 0 unspecified atom stereocenters. The second kappa shape index (κ2) is 7.12. The number of hydrogen-bond donors (Lipinski definition) is 2. The van der Waals surface area contributed by atoms with Gasteiger partial charge in [-0.3, -0.25) is 4.79 Å². The highest BCUT2D eigenvalue weighted by atomic mass is 35.5. The van der Waals surface area contributed by atoms with Gasteiger partial charge in [-0.1, -0.05) is 25.3 Å². The normalized spacial score (nSPS) is 17.8. The predicted octanol–water partition coefficient (Wildman–Crippen LogP) is 2.45. The Labute approximate surface area is 119 Å². The minimum Gasteiger partial charge on any atom is -0.354 e. The van der Waals surface area contributed by atoms with Crippen LogP contribution in [0.4, 0.5) is 0 Å². The summed E-state index contributed by atoms with van der Waals surface area (Å²) < 4.78 is 0. The van der Waals surface area contributed by atoms with Gasteiger partial charge in [0.15, 0.2) is 0 Å². The van der Waals surface area contributed by atoms with E-state index in [2.05, 4.69) is 16.8 Å². The number of amides is 1. The number of thiophene rings is 1. The monoisotopic (exact) mass is 288 g/mol. The van der Waals surface area contributed by atoms with Crippen LogP contribution in [-0.2, 0) is 10.2 Å². The average Bonchev–Trinajstić information content (AvgIpc) is 2.91. The fraction of sp³-hybridized carbons (Fsp3) is 0.615. The van der Waals surface area contributed by atoms with E-state index in [1.807, 2.05) is 6.07 Å². The first kappa shape index (κ1) is 15.5. The lowest BCUT2D eigenvalue weighted by molar-refractivity contribution is -0.127. The van der Waals surface area contributed by atoms with Crippen molar-refractivity contribution in [1.82, 2.24) is 5.32 Å². The van der Waals surface area contributed by atoms with Gasteiger partial charge in [0.2, 0.25) is 5.91 Å². The lowest BCUT2D eigenvalue weighted by Crippen LogP contribution is -2.46. The molecule has 1 amide bonds. The highest BCUT2D eigenvalue weighted by molar-refractivity contribution is 7.10. The number of halogens is 1. The molecule has 0 radical (unpaired) electrons. The highest BCUT2D eigenvalue weighted by Crippen LogP contribution is 2.41. The lowest BCUT2D eigenvalue weighted by Gasteiger charge is -2.35. The Bertz CT molecular complexity index is 361. The van der Waals surface area contributed by atoms with Crippen molar-refractivity contribution in [1.29, 1.82) is 0 Å². The maximum absolute atomic E-state index is 12.4. The summed E-state index contributed by atoms with van der Waals surface area (Å²) in [5, 5.41) is 5.03. The number of carbonyl (C=O) groups is 1. The summed E-state index contributed by atoms with van der Waals surface area (Å²) in [7, 11) is 0. The fourth-order valence-electron chi connectivity index (χ4n) is 2.65. The molecule has 0 saturated heterocycles. The van der Waals surface area contributed by atoms with E-state index in [1.54, 1.807) is 11.3 Å². The first-order valence-electron chi connectivity index (χ1n) is 6.32. The third-order valence-corrected chi connectivity index (χ3v) is 4.64. The molecule has 1 aliphatic rings. The van der Waals surface area contributed by atoms with Crippen molar-refractivity contribution in [2.75, 3.05) is 13.1 Å². The first-order chi connectivity index (χ1) is 8.29. The number of nitrogens with two attached hydrogens (primary N) is 1. The molecule has 0 atom stereocenters. The van der Waals surface area contributed by atoms with Gasteiger partial charge in [-0.05, 0) is 24.3 Å². The summed E-state index contributed by atoms with van der Waals surface area (Å²) in [6.07, 6.45) is 5.49. The number of nitrogens with one attached hydrogen (secondary N) is 1. The molecule has 0 aromatic carbocycles. The van der Waals surface area contributed by atoms with Crippen LogP contribution in [0.3, 0.4) is 0 Å². The predicted molar refractivity (Wildman–Crippen MR) is 78.4 cm³/mol. The second-order valence-corrected chi connectivity index (χ2v) is 5.61. The van der Waals surface area contributed by atoms with E-state index >= 15 is 0 Å². The molecule has 1 saturated carbocycles. The summed E-state index contributed by atoms with van der Waals surface area (Å²) >= 11 is 1.70. The van der Waals surface area contributed by atoms with Gasteiger partial charge >= 0.3 is 0 Å². The van der Waals surface area contributed by atoms with Gasteiger partial charge in [0.25, 0.3) is 0 Å². The number of carbonyl (C=O) groups excluding carboxylic acids is 1. The summed E-state index contributed by atoms with van der Waals surface area (Å²) in [5.41, 5.74) is 5.18. The van der Waals surface area contributed by atoms with Crippen LogP contribution in [0.1, 0.15) is 37.0 Å². The van der Waals surface area contributed by atoms with Gasteiger partial charge in [-0.2, -0.15) is 0 Å². The van der Waals surface area contributed by atoms with E-state index in [0.717, 1.165) is 25.7 Å². The number of rotatable bonds is 4. The van der Waals surface area contributed by atoms with E-state index in [9.17, 15) is 4.79 Å². The Kier molecular flexibility index (Phi) is 6.12. The molecule has 1 heterocycles. The summed E-state index contributed by atoms with van der Waals surface area (Å²) in [6, 6.07) is 4.13. The van der Waals surface area contributed by atoms with E-state index in [0.29, 0.717) is 13.1 Å². The molecule has 1 fully saturated rings. The molecular weight excluding hydrogens is 268 g/mol. The van der Waals surface area contributed by atoms with E-state index in [1.165, 1.54) is 11.3 Å². The third kappa shape index (κ3) is 3.05. The van der Waals surface area contributed by atoms with Crippen molar-refractivity contribution in [3.8, 4) is 0 Å². The zero-order valence-electron chi connectivity index (χ0n) is 10.5. The molecule has 1 aromatic rings. The molecule has 1 aliphatic carbocycles. The molecule has 0 spiro atoms. The van der Waals surface area contributed by atoms with Crippen molar-refractivity contribution in [2.45, 2.75) is 37.5 Å². The molecule has 0 bridgehead atoms. The lowest BCUT2D eigenvalue weighted by atomic mass is 9.72.